The zero-order chi connectivity index (χ0) is 14.3. The molecule has 0 bridgehead atoms. The van der Waals surface area contributed by atoms with Gasteiger partial charge in [-0.25, -0.2) is 0 Å². The van der Waals surface area contributed by atoms with Crippen LogP contribution in [0, 0.1) is 0 Å². The van der Waals surface area contributed by atoms with Crippen LogP contribution in [-0.4, -0.2) is 35.3 Å². The molecule has 0 heterocycles. The quantitative estimate of drug-likeness (QED) is 0.753. The Labute approximate surface area is 130 Å². The molecule has 1 rings (SSSR count). The molecule has 0 aliphatic rings. The number of benzene rings is 1. The van der Waals surface area contributed by atoms with Crippen LogP contribution < -0.4 is 11.1 Å². The number of carbonyl (C=O) groups is 2. The number of nitrogens with one attached hydrogen (secondary N) is 1. The normalized spacial score (nSPS) is 10.6. The second-order valence-electron chi connectivity index (χ2n) is 5.05. The van der Waals surface area contributed by atoms with E-state index in [0.717, 1.165) is 0 Å². The Morgan fingerprint density at radius 1 is 1.20 bits per heavy atom. The lowest BCUT2D eigenvalue weighted by atomic mass is 10.1. The van der Waals surface area contributed by atoms with E-state index >= 15 is 0 Å². The number of nitrogens with two attached hydrogens (primary N) is 1. The molecule has 0 aliphatic heterocycles. The van der Waals surface area contributed by atoms with Crippen molar-refractivity contribution in [2.75, 3.05) is 18.1 Å². The van der Waals surface area contributed by atoms with Crippen molar-refractivity contribution in [3.05, 3.63) is 35.9 Å². The van der Waals surface area contributed by atoms with Crippen LogP contribution in [0.15, 0.2) is 30.3 Å². The molecule has 0 aromatic heterocycles. The van der Waals surface area contributed by atoms with Gasteiger partial charge in [-0.1, -0.05) is 30.3 Å². The third-order valence-corrected chi connectivity index (χ3v) is 3.24. The standard InChI is InChI=1S/C14H20N2O2S.ClH/c1-14(2,15)10-16-13(18)9-19-8-12(17)11-6-4-3-5-7-11;/h3-7H,8-10,15H2,1-2H3,(H,16,18);1H. The van der Waals surface area contributed by atoms with Crippen molar-refractivity contribution in [2.45, 2.75) is 19.4 Å². The number of Topliss-reactive ketones (excluding diaryl/α,β-unsaturated/α-hetero) is 1. The first kappa shape index (κ1) is 19.0. The molecule has 4 nitrogen and oxygen atoms in total. The van der Waals surface area contributed by atoms with E-state index in [1.54, 1.807) is 12.1 Å². The Bertz CT molecular complexity index is 433. The highest BCUT2D eigenvalue weighted by atomic mass is 35.5. The Morgan fingerprint density at radius 2 is 1.80 bits per heavy atom. The van der Waals surface area contributed by atoms with Gasteiger partial charge in [0.05, 0.1) is 11.5 Å². The lowest BCUT2D eigenvalue weighted by Crippen LogP contribution is -2.45. The zero-order valence-corrected chi connectivity index (χ0v) is 13.4. The van der Waals surface area contributed by atoms with Crippen LogP contribution in [0.1, 0.15) is 24.2 Å². The number of carbonyl (C=O) groups excluding carboxylic acids is 2. The number of rotatable bonds is 7. The number of halogens is 1. The van der Waals surface area contributed by atoms with E-state index in [2.05, 4.69) is 5.32 Å². The lowest BCUT2D eigenvalue weighted by Gasteiger charge is -2.18. The Balaban J connectivity index is 0.00000361. The van der Waals surface area contributed by atoms with Crippen molar-refractivity contribution in [3.63, 3.8) is 0 Å². The van der Waals surface area contributed by atoms with E-state index in [1.165, 1.54) is 11.8 Å². The topological polar surface area (TPSA) is 72.2 Å². The van der Waals surface area contributed by atoms with Gasteiger partial charge in [-0.05, 0) is 13.8 Å². The predicted octanol–water partition coefficient (Wildman–Crippen LogP) is 1.88. The molecule has 0 radical (unpaired) electrons. The molecule has 6 heteroatoms. The maximum absolute atomic E-state index is 11.8. The summed E-state index contributed by atoms with van der Waals surface area (Å²) in [5.74, 6) is 0.528. The molecule has 0 aliphatic carbocycles. The van der Waals surface area contributed by atoms with E-state index < -0.39 is 5.54 Å². The Kier molecular flexibility index (Phi) is 8.53. The minimum absolute atomic E-state index is 0. The highest BCUT2D eigenvalue weighted by molar-refractivity contribution is 8.00. The molecular weight excluding hydrogens is 296 g/mol. The summed E-state index contributed by atoms with van der Waals surface area (Å²) >= 11 is 1.31. The van der Waals surface area contributed by atoms with E-state index in [0.29, 0.717) is 17.9 Å². The minimum Gasteiger partial charge on any atom is -0.354 e. The summed E-state index contributed by atoms with van der Waals surface area (Å²) in [4.78, 5) is 23.3. The van der Waals surface area contributed by atoms with Gasteiger partial charge in [-0.15, -0.1) is 24.2 Å². The number of ketones is 1. The molecule has 0 saturated heterocycles. The molecule has 20 heavy (non-hydrogen) atoms. The molecule has 1 aromatic rings. The average Bonchev–Trinajstić information content (AvgIpc) is 2.36. The summed E-state index contributed by atoms with van der Waals surface area (Å²) in [7, 11) is 0. The molecule has 112 valence electrons. The van der Waals surface area contributed by atoms with Gasteiger partial charge in [0.25, 0.3) is 0 Å². The fourth-order valence-electron chi connectivity index (χ4n) is 1.32. The van der Waals surface area contributed by atoms with Crippen molar-refractivity contribution < 1.29 is 9.59 Å². The first-order chi connectivity index (χ1) is 8.88. The van der Waals surface area contributed by atoms with Crippen LogP contribution >= 0.6 is 24.2 Å². The maximum Gasteiger partial charge on any atom is 0.230 e. The fraction of sp³-hybridized carbons (Fsp3) is 0.429. The Hall–Kier alpha value is -1.04. The van der Waals surface area contributed by atoms with Crippen molar-refractivity contribution in [2.24, 2.45) is 5.73 Å². The van der Waals surface area contributed by atoms with E-state index in [9.17, 15) is 9.59 Å². The van der Waals surface area contributed by atoms with Crippen LogP contribution in [0.4, 0.5) is 0 Å². The number of amides is 1. The first-order valence-electron chi connectivity index (χ1n) is 6.10. The number of hydrogen-bond acceptors (Lipinski definition) is 4. The summed E-state index contributed by atoms with van der Waals surface area (Å²) in [5.41, 5.74) is 6.02. The van der Waals surface area contributed by atoms with Gasteiger partial charge >= 0.3 is 0 Å². The van der Waals surface area contributed by atoms with Gasteiger partial charge < -0.3 is 11.1 Å². The Morgan fingerprint density at radius 3 is 2.35 bits per heavy atom. The maximum atomic E-state index is 11.8. The summed E-state index contributed by atoms with van der Waals surface area (Å²) in [6.07, 6.45) is 0. The molecule has 0 spiro atoms. The SMILES string of the molecule is CC(C)(N)CNC(=O)CSCC(=O)c1ccccc1.Cl. The second-order valence-corrected chi connectivity index (χ2v) is 6.03. The van der Waals surface area contributed by atoms with Crippen LogP contribution in [0.25, 0.3) is 0 Å². The number of thioether (sulfide) groups is 1. The third kappa shape index (κ3) is 8.19. The largest absolute Gasteiger partial charge is 0.354 e. The molecule has 0 unspecified atom stereocenters. The van der Waals surface area contributed by atoms with Gasteiger partial charge in [0.1, 0.15) is 0 Å². The fourth-order valence-corrected chi connectivity index (χ4v) is 2.06. The van der Waals surface area contributed by atoms with Crippen LogP contribution in [0.5, 0.6) is 0 Å². The van der Waals surface area contributed by atoms with Crippen molar-refractivity contribution >= 4 is 35.9 Å². The van der Waals surface area contributed by atoms with E-state index in [-0.39, 0.29) is 29.9 Å². The van der Waals surface area contributed by atoms with Gasteiger partial charge in [-0.3, -0.25) is 9.59 Å². The molecule has 3 N–H and O–H groups in total. The molecule has 1 amide bonds. The molecular formula is C14H21ClN2O2S. The first-order valence-corrected chi connectivity index (χ1v) is 7.25. The molecule has 1 aromatic carbocycles. The lowest BCUT2D eigenvalue weighted by molar-refractivity contribution is -0.118. The van der Waals surface area contributed by atoms with Crippen LogP contribution in [0.2, 0.25) is 0 Å². The highest BCUT2D eigenvalue weighted by Gasteiger charge is 2.12. The van der Waals surface area contributed by atoms with E-state index in [4.69, 9.17) is 5.73 Å². The predicted molar refractivity (Wildman–Crippen MR) is 86.6 cm³/mol. The van der Waals surface area contributed by atoms with Gasteiger partial charge in [0, 0.05) is 17.6 Å². The number of hydrogen-bond donors (Lipinski definition) is 2. The highest BCUT2D eigenvalue weighted by Crippen LogP contribution is 2.07. The summed E-state index contributed by atoms with van der Waals surface area (Å²) < 4.78 is 0. The summed E-state index contributed by atoms with van der Waals surface area (Å²) in [6.45, 7) is 4.12. The van der Waals surface area contributed by atoms with Crippen LogP contribution in [-0.2, 0) is 4.79 Å². The smallest absolute Gasteiger partial charge is 0.230 e. The minimum atomic E-state index is -0.416. The molecule has 0 fully saturated rings. The van der Waals surface area contributed by atoms with Crippen molar-refractivity contribution in [3.8, 4) is 0 Å². The van der Waals surface area contributed by atoms with Crippen molar-refractivity contribution in [1.29, 1.82) is 0 Å². The average molecular weight is 317 g/mol. The van der Waals surface area contributed by atoms with Crippen LogP contribution in [0.3, 0.4) is 0 Å². The van der Waals surface area contributed by atoms with Gasteiger partial charge in [0.2, 0.25) is 5.91 Å². The van der Waals surface area contributed by atoms with Crippen molar-refractivity contribution in [1.82, 2.24) is 5.32 Å². The van der Waals surface area contributed by atoms with E-state index in [1.807, 2.05) is 32.0 Å². The summed E-state index contributed by atoms with van der Waals surface area (Å²) in [5, 5.41) is 2.74. The van der Waals surface area contributed by atoms with Gasteiger partial charge in [0.15, 0.2) is 5.78 Å². The summed E-state index contributed by atoms with van der Waals surface area (Å²) in [6, 6.07) is 9.08. The molecule has 0 atom stereocenters. The second kappa shape index (κ2) is 9.00. The van der Waals surface area contributed by atoms with Gasteiger partial charge in [-0.2, -0.15) is 0 Å². The monoisotopic (exact) mass is 316 g/mol. The zero-order valence-electron chi connectivity index (χ0n) is 11.7. The third-order valence-electron chi connectivity index (χ3n) is 2.30. The molecule has 0 saturated carbocycles.